The molecule has 1 heterocycles. The molecule has 0 bridgehead atoms. The van der Waals surface area contributed by atoms with Gasteiger partial charge in [-0.05, 0) is 44.8 Å². The lowest BCUT2D eigenvalue weighted by molar-refractivity contribution is 0.258. The molecule has 2 aromatic rings. The molecule has 0 saturated carbocycles. The summed E-state index contributed by atoms with van der Waals surface area (Å²) in [6.07, 6.45) is 2.59. The van der Waals surface area contributed by atoms with E-state index in [0.29, 0.717) is 13.2 Å². The van der Waals surface area contributed by atoms with Crippen molar-refractivity contribution < 1.29 is 9.15 Å². The first-order chi connectivity index (χ1) is 12.2. The predicted molar refractivity (Wildman–Crippen MR) is 116 cm³/mol. The van der Waals surface area contributed by atoms with Crippen LogP contribution in [0.15, 0.2) is 58.1 Å². The average molecular weight is 472 g/mol. The second-order valence-corrected chi connectivity index (χ2v) is 5.89. The molecule has 0 aliphatic heterocycles. The van der Waals surface area contributed by atoms with Gasteiger partial charge in [0.15, 0.2) is 5.96 Å². The number of benzene rings is 1. The molecular weight excluding hydrogens is 443 g/mol. The minimum Gasteiger partial charge on any atom is -0.494 e. The van der Waals surface area contributed by atoms with Crippen LogP contribution in [0.4, 0.5) is 0 Å². The number of nitrogens with zero attached hydrogens (tertiary/aromatic N) is 2. The van der Waals surface area contributed by atoms with Gasteiger partial charge in [0.1, 0.15) is 11.5 Å². The normalized spacial score (nSPS) is 12.4. The highest BCUT2D eigenvalue weighted by molar-refractivity contribution is 14.0. The fourth-order valence-corrected chi connectivity index (χ4v) is 2.42. The second kappa shape index (κ2) is 12.6. The number of hydrogen-bond donors (Lipinski definition) is 2. The monoisotopic (exact) mass is 472 g/mol. The van der Waals surface area contributed by atoms with Crippen molar-refractivity contribution in [3.05, 3.63) is 54.5 Å². The minimum atomic E-state index is 0. The zero-order valence-electron chi connectivity index (χ0n) is 15.6. The number of aliphatic imine (C=N–C) groups is 1. The maximum absolute atomic E-state index is 5.68. The summed E-state index contributed by atoms with van der Waals surface area (Å²) in [6, 6.07) is 13.9. The van der Waals surface area contributed by atoms with E-state index in [1.807, 2.05) is 56.6 Å². The molecule has 26 heavy (non-hydrogen) atoms. The van der Waals surface area contributed by atoms with Crippen molar-refractivity contribution in [2.75, 3.05) is 40.8 Å². The topological polar surface area (TPSA) is 62.0 Å². The number of furan rings is 1. The molecule has 1 atom stereocenters. The maximum atomic E-state index is 5.68. The Labute approximate surface area is 173 Å². The van der Waals surface area contributed by atoms with Crippen LogP contribution in [0.3, 0.4) is 0 Å². The molecule has 1 aromatic carbocycles. The van der Waals surface area contributed by atoms with E-state index in [0.717, 1.165) is 30.4 Å². The third-order valence-corrected chi connectivity index (χ3v) is 3.81. The van der Waals surface area contributed by atoms with Gasteiger partial charge in [0, 0.05) is 20.1 Å². The third-order valence-electron chi connectivity index (χ3n) is 3.81. The van der Waals surface area contributed by atoms with Crippen molar-refractivity contribution in [1.82, 2.24) is 15.5 Å². The first-order valence-electron chi connectivity index (χ1n) is 8.53. The van der Waals surface area contributed by atoms with E-state index in [9.17, 15) is 0 Å². The standard InChI is InChI=1S/C19H28N4O2.HI/c1-20-19(21-12-8-14-24-16-9-5-4-6-10-16)22-15-17(23(2)3)18-11-7-13-25-18;/h4-7,9-11,13,17H,8,12,14-15H2,1-3H3,(H2,20,21,22);1H. The molecule has 0 aliphatic carbocycles. The smallest absolute Gasteiger partial charge is 0.191 e. The van der Waals surface area contributed by atoms with Crippen molar-refractivity contribution in [2.24, 2.45) is 4.99 Å². The molecule has 0 amide bonds. The molecule has 1 aromatic heterocycles. The van der Waals surface area contributed by atoms with Crippen molar-refractivity contribution in [3.8, 4) is 5.75 Å². The van der Waals surface area contributed by atoms with Crippen LogP contribution in [0.5, 0.6) is 5.75 Å². The number of para-hydroxylation sites is 1. The number of nitrogens with one attached hydrogen (secondary N) is 2. The van der Waals surface area contributed by atoms with Crippen molar-refractivity contribution in [1.29, 1.82) is 0 Å². The molecular formula is C19H29IN4O2. The Kier molecular flexibility index (Phi) is 10.8. The van der Waals surface area contributed by atoms with Gasteiger partial charge in [-0.2, -0.15) is 0 Å². The summed E-state index contributed by atoms with van der Waals surface area (Å²) in [6.45, 7) is 2.17. The summed E-state index contributed by atoms with van der Waals surface area (Å²) in [4.78, 5) is 6.38. The van der Waals surface area contributed by atoms with Gasteiger partial charge in [0.05, 0.1) is 18.9 Å². The Bertz CT molecular complexity index is 618. The Morgan fingerprint density at radius 1 is 1.15 bits per heavy atom. The van der Waals surface area contributed by atoms with Crippen molar-refractivity contribution in [3.63, 3.8) is 0 Å². The van der Waals surface area contributed by atoms with E-state index >= 15 is 0 Å². The first-order valence-corrected chi connectivity index (χ1v) is 8.53. The number of guanidine groups is 1. The van der Waals surface area contributed by atoms with Crippen LogP contribution in [0, 0.1) is 0 Å². The molecule has 0 radical (unpaired) electrons. The fourth-order valence-electron chi connectivity index (χ4n) is 2.42. The van der Waals surface area contributed by atoms with E-state index in [2.05, 4.69) is 20.5 Å². The summed E-state index contributed by atoms with van der Waals surface area (Å²) in [5.41, 5.74) is 0. The lowest BCUT2D eigenvalue weighted by atomic mass is 10.2. The third kappa shape index (κ3) is 7.65. The van der Waals surface area contributed by atoms with E-state index in [4.69, 9.17) is 9.15 Å². The zero-order valence-corrected chi connectivity index (χ0v) is 18.0. The highest BCUT2D eigenvalue weighted by Crippen LogP contribution is 2.17. The molecule has 2 rings (SSSR count). The van der Waals surface area contributed by atoms with Crippen LogP contribution >= 0.6 is 24.0 Å². The Morgan fingerprint density at radius 3 is 2.54 bits per heavy atom. The molecule has 0 aliphatic rings. The maximum Gasteiger partial charge on any atom is 0.191 e. The molecule has 1 unspecified atom stereocenters. The highest BCUT2D eigenvalue weighted by atomic mass is 127. The molecule has 6 nitrogen and oxygen atoms in total. The van der Waals surface area contributed by atoms with E-state index in [-0.39, 0.29) is 30.0 Å². The first kappa shape index (κ1) is 22.3. The SMILES string of the molecule is CN=C(NCCCOc1ccccc1)NCC(c1ccco1)N(C)C.I. The summed E-state index contributed by atoms with van der Waals surface area (Å²) in [5.74, 6) is 2.61. The zero-order chi connectivity index (χ0) is 17.9. The molecule has 0 saturated heterocycles. The molecule has 0 fully saturated rings. The van der Waals surface area contributed by atoms with Crippen LogP contribution in [-0.2, 0) is 0 Å². The van der Waals surface area contributed by atoms with Crippen LogP contribution < -0.4 is 15.4 Å². The average Bonchev–Trinajstić information content (AvgIpc) is 3.14. The van der Waals surface area contributed by atoms with Gasteiger partial charge < -0.3 is 19.8 Å². The molecule has 7 heteroatoms. The van der Waals surface area contributed by atoms with Gasteiger partial charge in [0.2, 0.25) is 0 Å². The van der Waals surface area contributed by atoms with E-state index in [1.165, 1.54) is 0 Å². The van der Waals surface area contributed by atoms with Gasteiger partial charge in [-0.25, -0.2) is 0 Å². The number of likely N-dealkylation sites (N-methyl/N-ethyl adjacent to an activating group) is 1. The predicted octanol–water partition coefficient (Wildman–Crippen LogP) is 3.13. The van der Waals surface area contributed by atoms with Crippen molar-refractivity contribution in [2.45, 2.75) is 12.5 Å². The number of rotatable bonds is 9. The summed E-state index contributed by atoms with van der Waals surface area (Å²) >= 11 is 0. The summed E-state index contributed by atoms with van der Waals surface area (Å²) < 4.78 is 11.2. The van der Waals surface area contributed by atoms with Crippen LogP contribution in [-0.4, -0.2) is 51.7 Å². The lowest BCUT2D eigenvalue weighted by Crippen LogP contribution is -2.42. The quantitative estimate of drug-likeness (QED) is 0.254. The second-order valence-electron chi connectivity index (χ2n) is 5.89. The van der Waals surface area contributed by atoms with Crippen molar-refractivity contribution >= 4 is 29.9 Å². The van der Waals surface area contributed by atoms with Gasteiger partial charge in [-0.3, -0.25) is 9.89 Å². The largest absolute Gasteiger partial charge is 0.494 e. The highest BCUT2D eigenvalue weighted by Gasteiger charge is 2.17. The Balaban J connectivity index is 0.00000338. The van der Waals surface area contributed by atoms with Gasteiger partial charge in [-0.15, -0.1) is 24.0 Å². The molecule has 144 valence electrons. The molecule has 2 N–H and O–H groups in total. The van der Waals surface area contributed by atoms with Crippen LogP contribution in [0.1, 0.15) is 18.2 Å². The molecule has 0 spiro atoms. The van der Waals surface area contributed by atoms with Gasteiger partial charge in [0.25, 0.3) is 0 Å². The van der Waals surface area contributed by atoms with Crippen LogP contribution in [0.2, 0.25) is 0 Å². The van der Waals surface area contributed by atoms with Gasteiger partial charge in [-0.1, -0.05) is 18.2 Å². The number of halogens is 1. The fraction of sp³-hybridized carbons (Fsp3) is 0.421. The number of ether oxygens (including phenoxy) is 1. The van der Waals surface area contributed by atoms with Gasteiger partial charge >= 0.3 is 0 Å². The Morgan fingerprint density at radius 2 is 1.92 bits per heavy atom. The lowest BCUT2D eigenvalue weighted by Gasteiger charge is -2.23. The van der Waals surface area contributed by atoms with Crippen LogP contribution in [0.25, 0.3) is 0 Å². The van der Waals surface area contributed by atoms with E-state index in [1.54, 1.807) is 13.3 Å². The summed E-state index contributed by atoms with van der Waals surface area (Å²) in [7, 11) is 5.84. The number of hydrogen-bond acceptors (Lipinski definition) is 4. The Hall–Kier alpha value is -1.74. The summed E-state index contributed by atoms with van der Waals surface area (Å²) in [5, 5.41) is 6.65. The minimum absolute atomic E-state index is 0. The van der Waals surface area contributed by atoms with E-state index < -0.39 is 0 Å².